The molecule has 0 aliphatic carbocycles. The van der Waals surface area contributed by atoms with Crippen molar-refractivity contribution in [3.63, 3.8) is 0 Å². The Bertz CT molecular complexity index is 690. The SMILES string of the molecule is N/C(=N\OCC(=O)NCCCc1ccccc1)c1cccc(Cl)c1. The maximum Gasteiger partial charge on any atom is 0.260 e. The molecule has 5 nitrogen and oxygen atoms in total. The number of aryl methyl sites for hydroxylation is 1. The van der Waals surface area contributed by atoms with E-state index in [2.05, 4.69) is 22.6 Å². The molecule has 126 valence electrons. The summed E-state index contributed by atoms with van der Waals surface area (Å²) in [7, 11) is 0. The fraction of sp³-hybridized carbons (Fsp3) is 0.222. The third-order valence-corrected chi connectivity index (χ3v) is 3.52. The van der Waals surface area contributed by atoms with Gasteiger partial charge in [0.1, 0.15) is 0 Å². The molecular formula is C18H20ClN3O2. The maximum atomic E-state index is 11.7. The van der Waals surface area contributed by atoms with Crippen molar-refractivity contribution < 1.29 is 9.63 Å². The first-order valence-corrected chi connectivity index (χ1v) is 8.05. The van der Waals surface area contributed by atoms with Gasteiger partial charge in [-0.05, 0) is 30.5 Å². The number of nitrogens with one attached hydrogen (secondary N) is 1. The highest BCUT2D eigenvalue weighted by Gasteiger charge is 2.03. The average Bonchev–Trinajstić information content (AvgIpc) is 2.59. The standard InChI is InChI=1S/C18H20ClN3O2/c19-16-10-4-9-15(12-16)18(20)22-24-13-17(23)21-11-5-8-14-6-2-1-3-7-14/h1-4,6-7,9-10,12H,5,8,11,13H2,(H2,20,22)(H,21,23). The van der Waals surface area contributed by atoms with Crippen molar-refractivity contribution in [1.82, 2.24) is 5.32 Å². The fourth-order valence-corrected chi connectivity index (χ4v) is 2.27. The zero-order valence-electron chi connectivity index (χ0n) is 13.2. The molecule has 0 atom stereocenters. The topological polar surface area (TPSA) is 76.7 Å². The Labute approximate surface area is 146 Å². The smallest absolute Gasteiger partial charge is 0.260 e. The summed E-state index contributed by atoms with van der Waals surface area (Å²) in [5.74, 6) is -0.0555. The molecule has 24 heavy (non-hydrogen) atoms. The highest BCUT2D eigenvalue weighted by Crippen LogP contribution is 2.10. The van der Waals surface area contributed by atoms with E-state index < -0.39 is 0 Å². The minimum Gasteiger partial charge on any atom is -0.384 e. The molecule has 0 unspecified atom stereocenters. The lowest BCUT2D eigenvalue weighted by molar-refractivity contribution is -0.125. The normalized spacial score (nSPS) is 11.1. The Morgan fingerprint density at radius 2 is 1.96 bits per heavy atom. The van der Waals surface area contributed by atoms with Gasteiger partial charge in [0.15, 0.2) is 12.4 Å². The Hall–Kier alpha value is -2.53. The van der Waals surface area contributed by atoms with Gasteiger partial charge in [0, 0.05) is 17.1 Å². The number of amides is 1. The van der Waals surface area contributed by atoms with Crippen LogP contribution in [0.25, 0.3) is 0 Å². The summed E-state index contributed by atoms with van der Waals surface area (Å²) in [6, 6.07) is 17.1. The van der Waals surface area contributed by atoms with Gasteiger partial charge in [-0.2, -0.15) is 0 Å². The molecule has 0 saturated heterocycles. The molecule has 1 amide bonds. The first-order chi connectivity index (χ1) is 11.6. The van der Waals surface area contributed by atoms with Crippen LogP contribution in [0.15, 0.2) is 59.8 Å². The number of halogens is 1. The second kappa shape index (κ2) is 9.57. The lowest BCUT2D eigenvalue weighted by Gasteiger charge is -2.05. The van der Waals surface area contributed by atoms with Gasteiger partial charge in [-0.3, -0.25) is 4.79 Å². The number of benzene rings is 2. The van der Waals surface area contributed by atoms with Crippen LogP contribution < -0.4 is 11.1 Å². The summed E-state index contributed by atoms with van der Waals surface area (Å²) in [5.41, 5.74) is 7.67. The summed E-state index contributed by atoms with van der Waals surface area (Å²) < 4.78 is 0. The van der Waals surface area contributed by atoms with Crippen molar-refractivity contribution >= 4 is 23.3 Å². The molecule has 6 heteroatoms. The van der Waals surface area contributed by atoms with E-state index in [1.165, 1.54) is 5.56 Å². The second-order valence-corrected chi connectivity index (χ2v) is 5.64. The van der Waals surface area contributed by atoms with Crippen molar-refractivity contribution in [1.29, 1.82) is 0 Å². The third-order valence-electron chi connectivity index (χ3n) is 3.29. The van der Waals surface area contributed by atoms with E-state index in [0.717, 1.165) is 12.8 Å². The van der Waals surface area contributed by atoms with E-state index >= 15 is 0 Å². The highest BCUT2D eigenvalue weighted by atomic mass is 35.5. The zero-order valence-corrected chi connectivity index (χ0v) is 14.0. The van der Waals surface area contributed by atoms with Crippen LogP contribution in [-0.2, 0) is 16.1 Å². The van der Waals surface area contributed by atoms with Crippen LogP contribution >= 0.6 is 11.6 Å². The molecule has 0 aliphatic heterocycles. The summed E-state index contributed by atoms with van der Waals surface area (Å²) in [6.07, 6.45) is 1.78. The van der Waals surface area contributed by atoms with Crippen molar-refractivity contribution in [3.8, 4) is 0 Å². The third kappa shape index (κ3) is 6.30. The number of carbonyl (C=O) groups is 1. The minimum absolute atomic E-state index is 0.174. The summed E-state index contributed by atoms with van der Waals surface area (Å²) in [4.78, 5) is 16.6. The molecule has 3 N–H and O–H groups in total. The van der Waals surface area contributed by atoms with Crippen molar-refractivity contribution in [2.24, 2.45) is 10.9 Å². The quantitative estimate of drug-likeness (QED) is 0.334. The Morgan fingerprint density at radius 1 is 1.17 bits per heavy atom. The van der Waals surface area contributed by atoms with Gasteiger partial charge in [-0.25, -0.2) is 0 Å². The molecule has 0 fully saturated rings. The zero-order chi connectivity index (χ0) is 17.2. The molecule has 0 spiro atoms. The van der Waals surface area contributed by atoms with Gasteiger partial charge in [0.25, 0.3) is 5.91 Å². The van der Waals surface area contributed by atoms with Crippen molar-refractivity contribution in [3.05, 3.63) is 70.7 Å². The first-order valence-electron chi connectivity index (χ1n) is 7.67. The largest absolute Gasteiger partial charge is 0.384 e. The van der Waals surface area contributed by atoms with Crippen molar-refractivity contribution in [2.75, 3.05) is 13.2 Å². The molecule has 2 aromatic rings. The van der Waals surface area contributed by atoms with E-state index in [1.807, 2.05) is 18.2 Å². The molecule has 0 aliphatic rings. The van der Waals surface area contributed by atoms with Gasteiger partial charge in [0.2, 0.25) is 0 Å². The molecule has 2 rings (SSSR count). The number of amidine groups is 1. The molecule has 0 radical (unpaired) electrons. The van der Waals surface area contributed by atoms with Crippen LogP contribution in [0.4, 0.5) is 0 Å². The Morgan fingerprint density at radius 3 is 2.71 bits per heavy atom. The van der Waals surface area contributed by atoms with Gasteiger partial charge < -0.3 is 15.9 Å². The average molecular weight is 346 g/mol. The van der Waals surface area contributed by atoms with Crippen LogP contribution in [-0.4, -0.2) is 24.9 Å². The first kappa shape index (κ1) is 17.8. The van der Waals surface area contributed by atoms with Gasteiger partial charge in [-0.15, -0.1) is 0 Å². The molecule has 0 bridgehead atoms. The molecule has 2 aromatic carbocycles. The predicted octanol–water partition coefficient (Wildman–Crippen LogP) is 2.73. The van der Waals surface area contributed by atoms with Crippen LogP contribution in [0.3, 0.4) is 0 Å². The van der Waals surface area contributed by atoms with Crippen molar-refractivity contribution in [2.45, 2.75) is 12.8 Å². The molecule has 0 saturated carbocycles. The molecular weight excluding hydrogens is 326 g/mol. The number of hydrogen-bond acceptors (Lipinski definition) is 3. The van der Waals surface area contributed by atoms with E-state index in [1.54, 1.807) is 24.3 Å². The van der Waals surface area contributed by atoms with Crippen LogP contribution in [0.2, 0.25) is 5.02 Å². The van der Waals surface area contributed by atoms with Gasteiger partial charge in [-0.1, -0.05) is 59.2 Å². The number of oxime groups is 1. The van der Waals surface area contributed by atoms with Crippen LogP contribution in [0, 0.1) is 0 Å². The van der Waals surface area contributed by atoms with Crippen LogP contribution in [0.5, 0.6) is 0 Å². The number of rotatable bonds is 8. The van der Waals surface area contributed by atoms with E-state index in [9.17, 15) is 4.79 Å². The molecule has 0 aromatic heterocycles. The number of nitrogens with two attached hydrogens (primary N) is 1. The Kier molecular flexibility index (Phi) is 7.11. The van der Waals surface area contributed by atoms with E-state index in [4.69, 9.17) is 22.2 Å². The summed E-state index contributed by atoms with van der Waals surface area (Å²) in [5, 5.41) is 7.06. The van der Waals surface area contributed by atoms with E-state index in [0.29, 0.717) is 17.1 Å². The molecule has 0 heterocycles. The summed E-state index contributed by atoms with van der Waals surface area (Å²) >= 11 is 5.87. The summed E-state index contributed by atoms with van der Waals surface area (Å²) in [6.45, 7) is 0.414. The second-order valence-electron chi connectivity index (χ2n) is 5.20. The fourth-order valence-electron chi connectivity index (χ4n) is 2.08. The lowest BCUT2D eigenvalue weighted by atomic mass is 10.1. The van der Waals surface area contributed by atoms with E-state index in [-0.39, 0.29) is 18.3 Å². The van der Waals surface area contributed by atoms with Gasteiger partial charge >= 0.3 is 0 Å². The van der Waals surface area contributed by atoms with Crippen LogP contribution in [0.1, 0.15) is 17.5 Å². The number of nitrogens with zero attached hydrogens (tertiary/aromatic N) is 1. The predicted molar refractivity (Wildman–Crippen MR) is 95.9 cm³/mol. The number of carbonyl (C=O) groups excluding carboxylic acids is 1. The number of hydrogen-bond donors (Lipinski definition) is 2. The highest BCUT2D eigenvalue weighted by molar-refractivity contribution is 6.31. The Balaban J connectivity index is 1.65. The monoisotopic (exact) mass is 345 g/mol. The van der Waals surface area contributed by atoms with Gasteiger partial charge in [0.05, 0.1) is 0 Å². The minimum atomic E-state index is -0.231. The maximum absolute atomic E-state index is 11.7. The lowest BCUT2D eigenvalue weighted by Crippen LogP contribution is -2.28.